The van der Waals surface area contributed by atoms with Crippen LogP contribution in [-0.4, -0.2) is 25.9 Å². The van der Waals surface area contributed by atoms with Gasteiger partial charge in [-0.05, 0) is 59.6 Å². The van der Waals surface area contributed by atoms with Gasteiger partial charge in [0.25, 0.3) is 15.9 Å². The number of amides is 1. The average molecular weight is 594 g/mol. The first-order valence-electron chi connectivity index (χ1n) is 9.41. The lowest BCUT2D eigenvalue weighted by atomic mass is 10.1. The predicted octanol–water partition coefficient (Wildman–Crippen LogP) is 6.46. The molecule has 0 aliphatic heterocycles. The quantitative estimate of drug-likeness (QED) is 0.328. The van der Waals surface area contributed by atoms with E-state index in [0.29, 0.717) is 27.9 Å². The lowest BCUT2D eigenvalue weighted by molar-refractivity contribution is 0.0952. The third kappa shape index (κ3) is 5.91. The van der Waals surface area contributed by atoms with Gasteiger partial charge in [-0.1, -0.05) is 34.8 Å². The predicted molar refractivity (Wildman–Crippen MR) is 133 cm³/mol. The molecule has 174 valence electrons. The summed E-state index contributed by atoms with van der Waals surface area (Å²) in [5.74, 6) is -0.00677. The molecule has 0 fully saturated rings. The summed E-state index contributed by atoms with van der Waals surface area (Å²) in [5, 5.41) is 3.34. The zero-order chi connectivity index (χ0) is 24.3. The zero-order valence-corrected chi connectivity index (χ0v) is 21.9. The van der Waals surface area contributed by atoms with Crippen LogP contribution in [-0.2, 0) is 10.0 Å². The van der Waals surface area contributed by atoms with E-state index in [4.69, 9.17) is 39.5 Å². The number of ether oxygens (including phenoxy) is 1. The fourth-order valence-corrected chi connectivity index (χ4v) is 5.60. The number of hydrogen-bond acceptors (Lipinski definition) is 5. The summed E-state index contributed by atoms with van der Waals surface area (Å²) < 4.78 is 34.5. The van der Waals surface area contributed by atoms with Gasteiger partial charge in [0, 0.05) is 23.8 Å². The number of halogens is 4. The van der Waals surface area contributed by atoms with Gasteiger partial charge in [-0.3, -0.25) is 14.5 Å². The van der Waals surface area contributed by atoms with Crippen LogP contribution in [0.15, 0.2) is 52.1 Å². The number of sulfonamides is 1. The number of hydrogen-bond donors (Lipinski definition) is 2. The van der Waals surface area contributed by atoms with Crippen molar-refractivity contribution in [1.82, 2.24) is 10.3 Å². The first kappa shape index (κ1) is 25.6. The maximum absolute atomic E-state index is 13.0. The molecule has 0 saturated heterocycles. The van der Waals surface area contributed by atoms with Gasteiger partial charge < -0.3 is 10.1 Å². The number of rotatable bonds is 7. The van der Waals surface area contributed by atoms with E-state index < -0.39 is 15.9 Å². The number of pyridine rings is 1. The normalized spacial score (nSPS) is 11.2. The highest BCUT2D eigenvalue weighted by Gasteiger charge is 2.25. The molecule has 0 atom stereocenters. The number of aryl methyl sites for hydroxylation is 1. The number of aromatic nitrogens is 1. The third-order valence-corrected chi connectivity index (χ3v) is 7.59. The Bertz CT molecular complexity index is 1340. The van der Waals surface area contributed by atoms with Crippen molar-refractivity contribution in [2.24, 2.45) is 0 Å². The van der Waals surface area contributed by atoms with Crippen LogP contribution < -0.4 is 14.8 Å². The van der Waals surface area contributed by atoms with E-state index in [-0.39, 0.29) is 31.4 Å². The van der Waals surface area contributed by atoms with Gasteiger partial charge in [-0.2, -0.15) is 0 Å². The Hall–Kier alpha value is -2.04. The maximum atomic E-state index is 13.0. The molecular weight excluding hydrogens is 577 g/mol. The molecule has 33 heavy (non-hydrogen) atoms. The van der Waals surface area contributed by atoms with E-state index in [2.05, 4.69) is 31.0 Å². The summed E-state index contributed by atoms with van der Waals surface area (Å²) in [5.41, 5.74) is 0.731. The number of carbonyl (C=O) groups is 1. The first-order chi connectivity index (χ1) is 15.5. The third-order valence-electron chi connectivity index (χ3n) is 4.32. The van der Waals surface area contributed by atoms with Crippen molar-refractivity contribution < 1.29 is 17.9 Å². The highest BCUT2D eigenvalue weighted by molar-refractivity contribution is 9.10. The summed E-state index contributed by atoms with van der Waals surface area (Å²) in [6, 6.07) is 7.18. The van der Waals surface area contributed by atoms with E-state index in [0.717, 1.165) is 0 Å². The molecule has 3 rings (SSSR count). The summed E-state index contributed by atoms with van der Waals surface area (Å²) >= 11 is 21.4. The van der Waals surface area contributed by atoms with Crippen molar-refractivity contribution in [2.45, 2.75) is 18.7 Å². The van der Waals surface area contributed by atoms with Crippen LogP contribution in [0.5, 0.6) is 11.5 Å². The number of nitrogens with zero attached hydrogens (tertiary/aromatic N) is 1. The summed E-state index contributed by atoms with van der Waals surface area (Å²) in [6.45, 7) is 3.77. The largest absolute Gasteiger partial charge is 0.455 e. The SMILES string of the molecule is CCNC(=O)c1c(Oc2cncc(Cl)c2)ccc(NS(=O)(=O)c2cc(C)c(Cl)cc2Cl)c1Br. The van der Waals surface area contributed by atoms with Crippen LogP contribution in [0.1, 0.15) is 22.8 Å². The standard InChI is InChI=1S/C21H17BrCl3N3O4S/c1-3-27-21(29)19-17(32-13-7-12(23)9-26-10-13)5-4-16(20(19)22)28-33(30,31)18-6-11(2)14(24)8-15(18)25/h4-10,28H,3H2,1-2H3,(H,27,29). The Kier molecular flexibility index (Phi) is 8.13. The molecule has 0 unspecified atom stereocenters. The molecule has 1 aromatic heterocycles. The van der Waals surface area contributed by atoms with Crippen molar-refractivity contribution >= 4 is 72.4 Å². The van der Waals surface area contributed by atoms with Crippen molar-refractivity contribution in [2.75, 3.05) is 11.3 Å². The smallest absolute Gasteiger partial charge is 0.263 e. The first-order valence-corrected chi connectivity index (χ1v) is 12.8. The molecule has 0 spiro atoms. The number of anilines is 1. The highest BCUT2D eigenvalue weighted by Crippen LogP contribution is 2.38. The van der Waals surface area contributed by atoms with Crippen LogP contribution in [0.4, 0.5) is 5.69 Å². The molecule has 0 aliphatic carbocycles. The van der Waals surface area contributed by atoms with E-state index in [1.807, 2.05) is 0 Å². The van der Waals surface area contributed by atoms with E-state index in [9.17, 15) is 13.2 Å². The Morgan fingerprint density at radius 3 is 2.52 bits per heavy atom. The summed E-state index contributed by atoms with van der Waals surface area (Å²) in [4.78, 5) is 16.6. The van der Waals surface area contributed by atoms with E-state index >= 15 is 0 Å². The molecule has 0 aliphatic rings. The molecule has 0 radical (unpaired) electrons. The number of benzene rings is 2. The van der Waals surface area contributed by atoms with Gasteiger partial charge in [-0.25, -0.2) is 8.42 Å². The van der Waals surface area contributed by atoms with Crippen LogP contribution in [0.25, 0.3) is 0 Å². The number of nitrogens with one attached hydrogen (secondary N) is 2. The molecule has 7 nitrogen and oxygen atoms in total. The second-order valence-electron chi connectivity index (χ2n) is 6.74. The van der Waals surface area contributed by atoms with Crippen molar-refractivity contribution in [3.8, 4) is 11.5 Å². The maximum Gasteiger partial charge on any atom is 0.263 e. The molecule has 12 heteroatoms. The fourth-order valence-electron chi connectivity index (χ4n) is 2.79. The van der Waals surface area contributed by atoms with Gasteiger partial charge in [0.15, 0.2) is 0 Å². The monoisotopic (exact) mass is 591 g/mol. The Morgan fingerprint density at radius 2 is 1.85 bits per heavy atom. The minimum absolute atomic E-state index is 0.0356. The summed E-state index contributed by atoms with van der Waals surface area (Å²) in [7, 11) is -4.11. The molecule has 0 saturated carbocycles. The van der Waals surface area contributed by atoms with E-state index in [1.165, 1.54) is 42.7 Å². The van der Waals surface area contributed by atoms with Crippen molar-refractivity contribution in [1.29, 1.82) is 0 Å². The van der Waals surface area contributed by atoms with Gasteiger partial charge >= 0.3 is 0 Å². The highest BCUT2D eigenvalue weighted by atomic mass is 79.9. The van der Waals surface area contributed by atoms with Gasteiger partial charge in [0.05, 0.1) is 32.0 Å². The molecule has 1 amide bonds. The van der Waals surface area contributed by atoms with Crippen LogP contribution in [0.2, 0.25) is 15.1 Å². The Morgan fingerprint density at radius 1 is 1.12 bits per heavy atom. The molecule has 2 aromatic carbocycles. The lowest BCUT2D eigenvalue weighted by Crippen LogP contribution is -2.24. The summed E-state index contributed by atoms with van der Waals surface area (Å²) in [6.07, 6.45) is 2.87. The Labute approximate surface area is 214 Å². The Balaban J connectivity index is 2.05. The van der Waals surface area contributed by atoms with Crippen LogP contribution in [0, 0.1) is 6.92 Å². The molecule has 0 bridgehead atoms. The van der Waals surface area contributed by atoms with Gasteiger partial charge in [0.1, 0.15) is 16.4 Å². The zero-order valence-electron chi connectivity index (χ0n) is 17.2. The fraction of sp³-hybridized carbons (Fsp3) is 0.143. The van der Waals surface area contributed by atoms with E-state index in [1.54, 1.807) is 13.8 Å². The second kappa shape index (κ2) is 10.5. The minimum atomic E-state index is -4.11. The second-order valence-corrected chi connectivity index (χ2v) is 10.4. The van der Waals surface area contributed by atoms with Crippen LogP contribution in [0.3, 0.4) is 0 Å². The minimum Gasteiger partial charge on any atom is -0.455 e. The van der Waals surface area contributed by atoms with Crippen molar-refractivity contribution in [3.63, 3.8) is 0 Å². The molecular formula is C21H17BrCl3N3O4S. The van der Waals surface area contributed by atoms with Crippen molar-refractivity contribution in [3.05, 3.63) is 73.4 Å². The molecule has 1 heterocycles. The van der Waals surface area contributed by atoms with Gasteiger partial charge in [0.2, 0.25) is 0 Å². The molecule has 3 aromatic rings. The van der Waals surface area contributed by atoms with Gasteiger partial charge in [-0.15, -0.1) is 0 Å². The van der Waals surface area contributed by atoms with Crippen LogP contribution >= 0.6 is 50.7 Å². The topological polar surface area (TPSA) is 97.4 Å². The average Bonchev–Trinajstić information content (AvgIpc) is 2.73. The lowest BCUT2D eigenvalue weighted by Gasteiger charge is -2.17. The molecule has 2 N–H and O–H groups in total. The number of carbonyl (C=O) groups excluding carboxylic acids is 1.